The van der Waals surface area contributed by atoms with Crippen molar-refractivity contribution in [2.75, 3.05) is 47.4 Å². The lowest BCUT2D eigenvalue weighted by atomic mass is 9.75. The van der Waals surface area contributed by atoms with Gasteiger partial charge in [0.2, 0.25) is 0 Å². The number of rotatable bonds is 7. The van der Waals surface area contributed by atoms with Crippen LogP contribution < -0.4 is 5.73 Å². The summed E-state index contributed by atoms with van der Waals surface area (Å²) >= 11 is 1.58. The van der Waals surface area contributed by atoms with Crippen molar-refractivity contribution in [1.82, 2.24) is 9.80 Å². The fourth-order valence-corrected chi connectivity index (χ4v) is 6.44. The maximum absolute atomic E-state index is 13.3. The van der Waals surface area contributed by atoms with Gasteiger partial charge in [0.15, 0.2) is 0 Å². The van der Waals surface area contributed by atoms with Gasteiger partial charge in [0.05, 0.1) is 0 Å². The molecule has 186 valence electrons. The average Bonchev–Trinajstić information content (AvgIpc) is 3.25. The van der Waals surface area contributed by atoms with Crippen LogP contribution in [0.25, 0.3) is 11.1 Å². The normalized spacial score (nSPS) is 26.2. The molecule has 0 saturated heterocycles. The maximum atomic E-state index is 13.3. The van der Waals surface area contributed by atoms with E-state index in [1.54, 1.807) is 16.9 Å². The van der Waals surface area contributed by atoms with Crippen LogP contribution in [0.2, 0.25) is 0 Å². The van der Waals surface area contributed by atoms with Gasteiger partial charge in [-0.25, -0.2) is 4.79 Å². The number of carbonyl (C=O) groups excluding carboxylic acids is 1. The molecule has 1 aliphatic heterocycles. The topological polar surface area (TPSA) is 58.8 Å². The fraction of sp³-hybridized carbons (Fsp3) is 0.607. The third-order valence-corrected chi connectivity index (χ3v) is 8.68. The minimum absolute atomic E-state index is 0.0792. The Balaban J connectivity index is 1.72. The molecule has 1 atom stereocenters. The molecule has 2 aliphatic carbocycles. The second-order valence-electron chi connectivity index (χ2n) is 10.7. The average molecular weight is 484 g/mol. The molecule has 0 amide bonds. The van der Waals surface area contributed by atoms with Crippen molar-refractivity contribution >= 4 is 28.5 Å². The number of likely N-dealkylation sites (N-methyl/N-ethyl adjacent to an activating group) is 2. The van der Waals surface area contributed by atoms with E-state index in [9.17, 15) is 4.79 Å². The van der Waals surface area contributed by atoms with E-state index in [2.05, 4.69) is 43.2 Å². The lowest BCUT2D eigenvalue weighted by Crippen LogP contribution is -2.31. The van der Waals surface area contributed by atoms with Crippen molar-refractivity contribution in [1.29, 1.82) is 0 Å². The predicted octanol–water partition coefficient (Wildman–Crippen LogP) is 5.05. The molecule has 0 aromatic carbocycles. The summed E-state index contributed by atoms with van der Waals surface area (Å²) in [4.78, 5) is 19.7. The predicted molar refractivity (Wildman–Crippen MR) is 143 cm³/mol. The Kier molecular flexibility index (Phi) is 8.46. The quantitative estimate of drug-likeness (QED) is 0.550. The Morgan fingerprint density at radius 2 is 2.03 bits per heavy atom. The summed E-state index contributed by atoms with van der Waals surface area (Å²) in [6.45, 7) is 5.55. The molecular weight excluding hydrogens is 442 g/mol. The maximum Gasteiger partial charge on any atom is 0.349 e. The summed E-state index contributed by atoms with van der Waals surface area (Å²) in [6.07, 6.45) is 13.3. The molecule has 1 aromatic rings. The molecule has 0 spiro atoms. The van der Waals surface area contributed by atoms with E-state index in [1.807, 2.05) is 19.0 Å². The Morgan fingerprint density at radius 1 is 1.26 bits per heavy atom. The van der Waals surface area contributed by atoms with Crippen LogP contribution in [-0.4, -0.2) is 69.2 Å². The van der Waals surface area contributed by atoms with Crippen LogP contribution in [0.1, 0.15) is 65.6 Å². The van der Waals surface area contributed by atoms with Crippen LogP contribution in [0.15, 0.2) is 29.9 Å². The molecule has 1 fully saturated rings. The zero-order valence-corrected chi connectivity index (χ0v) is 22.1. The number of hydrogen-bond donors (Lipinski definition) is 1. The standard InChI is InChI=1S/C28H41N3O2S/c1-19-5-7-20(8-6-19)25-18-31(4)14-13-23(25)24-17-26(21-9-11-22(29)12-10-21)34-27(24)28(32)33-16-15-30(2)3/h9-11,17,19-20,22H,5-8,12-16,18,29H2,1-4H3. The minimum Gasteiger partial charge on any atom is -0.460 e. The van der Waals surface area contributed by atoms with E-state index in [-0.39, 0.29) is 12.0 Å². The van der Waals surface area contributed by atoms with Crippen molar-refractivity contribution in [3.8, 4) is 0 Å². The first-order chi connectivity index (χ1) is 16.3. The summed E-state index contributed by atoms with van der Waals surface area (Å²) in [7, 11) is 6.21. The molecule has 1 unspecified atom stereocenters. The summed E-state index contributed by atoms with van der Waals surface area (Å²) < 4.78 is 5.74. The van der Waals surface area contributed by atoms with E-state index in [0.29, 0.717) is 12.5 Å². The molecule has 6 heteroatoms. The number of hydrogen-bond acceptors (Lipinski definition) is 6. The van der Waals surface area contributed by atoms with Crippen molar-refractivity contribution in [2.24, 2.45) is 17.6 Å². The number of nitrogens with zero attached hydrogens (tertiary/aromatic N) is 2. The third kappa shape index (κ3) is 6.09. The molecule has 0 radical (unpaired) electrons. The highest BCUT2D eigenvalue weighted by atomic mass is 32.1. The van der Waals surface area contributed by atoms with Crippen molar-refractivity contribution in [3.63, 3.8) is 0 Å². The molecule has 5 nitrogen and oxygen atoms in total. The highest BCUT2D eigenvalue weighted by Gasteiger charge is 2.31. The van der Waals surface area contributed by atoms with Crippen LogP contribution >= 0.6 is 11.3 Å². The van der Waals surface area contributed by atoms with E-state index < -0.39 is 0 Å². The van der Waals surface area contributed by atoms with Crippen LogP contribution in [-0.2, 0) is 4.74 Å². The van der Waals surface area contributed by atoms with Gasteiger partial charge in [-0.1, -0.05) is 38.0 Å². The molecule has 1 saturated carbocycles. The first kappa shape index (κ1) is 25.4. The van der Waals surface area contributed by atoms with Crippen LogP contribution in [0, 0.1) is 11.8 Å². The number of carbonyl (C=O) groups is 1. The number of nitrogens with two attached hydrogens (primary N) is 1. The molecule has 2 N–H and O–H groups in total. The zero-order chi connectivity index (χ0) is 24.2. The van der Waals surface area contributed by atoms with E-state index in [0.717, 1.165) is 53.7 Å². The van der Waals surface area contributed by atoms with Crippen molar-refractivity contribution in [2.45, 2.75) is 51.5 Å². The number of ether oxygens (including phenoxy) is 1. The fourth-order valence-electron chi connectivity index (χ4n) is 5.34. The highest BCUT2D eigenvalue weighted by molar-refractivity contribution is 7.15. The highest BCUT2D eigenvalue weighted by Crippen LogP contribution is 2.43. The Morgan fingerprint density at radius 3 is 2.71 bits per heavy atom. The third-order valence-electron chi connectivity index (χ3n) is 7.51. The number of esters is 1. The second-order valence-corrected chi connectivity index (χ2v) is 11.7. The monoisotopic (exact) mass is 483 g/mol. The Hall–Kier alpha value is -1.73. The van der Waals surface area contributed by atoms with Gasteiger partial charge in [-0.3, -0.25) is 0 Å². The smallest absolute Gasteiger partial charge is 0.349 e. The largest absolute Gasteiger partial charge is 0.460 e. The van der Waals surface area contributed by atoms with Crippen molar-refractivity contribution < 1.29 is 9.53 Å². The van der Waals surface area contributed by atoms with Gasteiger partial charge in [0.25, 0.3) is 0 Å². The minimum atomic E-state index is -0.187. The zero-order valence-electron chi connectivity index (χ0n) is 21.3. The van der Waals surface area contributed by atoms with Gasteiger partial charge in [-0.15, -0.1) is 11.3 Å². The summed E-state index contributed by atoms with van der Waals surface area (Å²) in [5.74, 6) is 1.27. The summed E-state index contributed by atoms with van der Waals surface area (Å²) in [6, 6.07) is 2.34. The lowest BCUT2D eigenvalue weighted by Gasteiger charge is -2.35. The molecule has 2 heterocycles. The lowest BCUT2D eigenvalue weighted by molar-refractivity contribution is 0.0487. The number of thiophene rings is 1. The van der Waals surface area contributed by atoms with Gasteiger partial charge in [-0.2, -0.15) is 0 Å². The summed E-state index contributed by atoms with van der Waals surface area (Å²) in [5, 5.41) is 0. The Bertz CT molecular complexity index is 966. The van der Waals surface area contributed by atoms with Gasteiger partial charge < -0.3 is 20.3 Å². The van der Waals surface area contributed by atoms with E-state index in [4.69, 9.17) is 10.5 Å². The second kappa shape index (κ2) is 11.3. The molecule has 1 aromatic heterocycles. The van der Waals surface area contributed by atoms with Crippen LogP contribution in [0.3, 0.4) is 0 Å². The molecule has 3 aliphatic rings. The summed E-state index contributed by atoms with van der Waals surface area (Å²) in [5.41, 5.74) is 11.3. The van der Waals surface area contributed by atoms with E-state index in [1.165, 1.54) is 36.8 Å². The van der Waals surface area contributed by atoms with Gasteiger partial charge in [0.1, 0.15) is 11.5 Å². The van der Waals surface area contributed by atoms with Gasteiger partial charge in [-0.05, 0) is 81.4 Å². The Labute approximate surface area is 209 Å². The first-order valence-corrected chi connectivity index (χ1v) is 13.6. The molecule has 4 rings (SSSR count). The van der Waals surface area contributed by atoms with Gasteiger partial charge >= 0.3 is 5.97 Å². The van der Waals surface area contributed by atoms with Crippen LogP contribution in [0.4, 0.5) is 0 Å². The SMILES string of the molecule is CC1CCC(C2=C(c3cc(C4=CCC(N)C=C4)sc3C(=O)OCCN(C)C)CCN(C)C2)CC1. The molecule has 34 heavy (non-hydrogen) atoms. The number of allylic oxidation sites excluding steroid dienone is 2. The van der Waals surface area contributed by atoms with E-state index >= 15 is 0 Å². The van der Waals surface area contributed by atoms with Crippen molar-refractivity contribution in [3.05, 3.63) is 45.2 Å². The molecular formula is C28H41N3O2S. The molecule has 0 bridgehead atoms. The van der Waals surface area contributed by atoms with Gasteiger partial charge in [0, 0.05) is 36.1 Å². The van der Waals surface area contributed by atoms with Crippen LogP contribution in [0.5, 0.6) is 0 Å². The first-order valence-electron chi connectivity index (χ1n) is 12.8.